The number of nitrogens with two attached hydrogens (primary N) is 1. The second kappa shape index (κ2) is 5.15. The number of carboxylic acid groups (broad SMARTS) is 1. The van der Waals surface area contributed by atoms with Crippen LogP contribution in [0.3, 0.4) is 0 Å². The number of carbonyl (C=O) groups excluding carboxylic acids is 1. The van der Waals surface area contributed by atoms with Gasteiger partial charge in [-0.1, -0.05) is 12.2 Å². The summed E-state index contributed by atoms with van der Waals surface area (Å²) < 4.78 is 0. The molecule has 0 saturated carbocycles. The number of thiocarbonyl (C=S) groups is 1. The molecule has 4 N–H and O–H groups in total. The number of fused-ring (bicyclic) bond motifs is 1. The normalized spacial score (nSPS) is 25.0. The zero-order chi connectivity index (χ0) is 16.2. The Kier molecular flexibility index (Phi) is 3.54. The summed E-state index contributed by atoms with van der Waals surface area (Å²) >= 11 is 6.27. The highest BCUT2D eigenvalue weighted by atomic mass is 32.1. The summed E-state index contributed by atoms with van der Waals surface area (Å²) in [4.78, 5) is 26.0. The first-order valence-corrected chi connectivity index (χ1v) is 7.98. The van der Waals surface area contributed by atoms with E-state index in [0.717, 1.165) is 4.88 Å². The second-order valence-corrected chi connectivity index (χ2v) is 6.79. The van der Waals surface area contributed by atoms with Gasteiger partial charge in [0.05, 0.1) is 18.1 Å². The SMILES string of the molecule is C[C@@H](O)C1C(=O)N2C(C(=O)O)=C(c3cc(C(N)=S)cs3)CC12. The van der Waals surface area contributed by atoms with E-state index in [9.17, 15) is 19.8 Å². The van der Waals surface area contributed by atoms with Crippen molar-refractivity contribution in [1.29, 1.82) is 0 Å². The van der Waals surface area contributed by atoms with E-state index in [1.807, 2.05) is 0 Å². The number of rotatable bonds is 4. The summed E-state index contributed by atoms with van der Waals surface area (Å²) in [5.41, 5.74) is 6.86. The maximum atomic E-state index is 12.1. The highest BCUT2D eigenvalue weighted by Gasteiger charge is 2.56. The summed E-state index contributed by atoms with van der Waals surface area (Å²) in [5.74, 6) is -2.01. The predicted octanol–water partition coefficient (Wildman–Crippen LogP) is 0.789. The van der Waals surface area contributed by atoms with Crippen molar-refractivity contribution in [3.05, 3.63) is 27.6 Å². The standard InChI is InChI=1S/C14H14N2O4S2/c1-5(17)10-8-3-7(9-2-6(4-22-9)12(15)21)11(14(19)20)16(8)13(10)18/h2,4-5,8,10,17H,3H2,1H3,(H2,15,21)(H,19,20)/t5-,8?,10?/m1/s1. The number of aliphatic hydroxyl groups excluding tert-OH is 1. The first-order valence-electron chi connectivity index (χ1n) is 6.69. The van der Waals surface area contributed by atoms with Crippen LogP contribution in [0.15, 0.2) is 17.1 Å². The van der Waals surface area contributed by atoms with E-state index in [1.165, 1.54) is 16.2 Å². The monoisotopic (exact) mass is 338 g/mol. The van der Waals surface area contributed by atoms with Crippen LogP contribution in [-0.2, 0) is 9.59 Å². The maximum Gasteiger partial charge on any atom is 0.352 e. The molecule has 1 aromatic rings. The van der Waals surface area contributed by atoms with Crippen LogP contribution >= 0.6 is 23.6 Å². The van der Waals surface area contributed by atoms with Gasteiger partial charge in [-0.3, -0.25) is 4.79 Å². The van der Waals surface area contributed by atoms with Crippen LogP contribution in [0.5, 0.6) is 0 Å². The molecule has 0 radical (unpaired) electrons. The van der Waals surface area contributed by atoms with Gasteiger partial charge in [-0.2, -0.15) is 0 Å². The Bertz CT molecular complexity index is 722. The third-order valence-electron chi connectivity index (χ3n) is 4.11. The number of nitrogens with zero attached hydrogens (tertiary/aromatic N) is 1. The number of hydrogen-bond acceptors (Lipinski definition) is 5. The lowest BCUT2D eigenvalue weighted by Gasteiger charge is -2.44. The molecule has 0 aromatic carbocycles. The Morgan fingerprint density at radius 1 is 1.59 bits per heavy atom. The number of aliphatic carboxylic acids is 1. The van der Waals surface area contributed by atoms with Crippen molar-refractivity contribution in [2.24, 2.45) is 11.7 Å². The van der Waals surface area contributed by atoms with Crippen molar-refractivity contribution in [1.82, 2.24) is 4.90 Å². The molecule has 3 rings (SSSR count). The first kappa shape index (κ1) is 15.1. The minimum absolute atomic E-state index is 0.00300. The van der Waals surface area contributed by atoms with Gasteiger partial charge in [0.2, 0.25) is 5.91 Å². The third kappa shape index (κ3) is 2.06. The second-order valence-electron chi connectivity index (χ2n) is 5.44. The summed E-state index contributed by atoms with van der Waals surface area (Å²) in [5, 5.41) is 20.9. The highest BCUT2D eigenvalue weighted by molar-refractivity contribution is 7.80. The van der Waals surface area contributed by atoms with Gasteiger partial charge >= 0.3 is 5.97 Å². The Hall–Kier alpha value is -1.77. The van der Waals surface area contributed by atoms with Crippen molar-refractivity contribution in [3.63, 3.8) is 0 Å². The van der Waals surface area contributed by atoms with E-state index in [-0.39, 0.29) is 22.6 Å². The molecule has 2 aliphatic heterocycles. The quantitative estimate of drug-likeness (QED) is 0.554. The molecular formula is C14H14N2O4S2. The first-order chi connectivity index (χ1) is 10.3. The molecule has 8 heteroatoms. The van der Waals surface area contributed by atoms with Crippen molar-refractivity contribution in [2.75, 3.05) is 0 Å². The molecule has 22 heavy (non-hydrogen) atoms. The molecule has 1 amide bonds. The summed E-state index contributed by atoms with van der Waals surface area (Å²) in [7, 11) is 0. The summed E-state index contributed by atoms with van der Waals surface area (Å²) in [6.45, 7) is 1.55. The van der Waals surface area contributed by atoms with Gasteiger partial charge in [0.1, 0.15) is 10.7 Å². The number of thiophene rings is 1. The van der Waals surface area contributed by atoms with Crippen LogP contribution in [-0.4, -0.2) is 44.1 Å². The van der Waals surface area contributed by atoms with E-state index in [1.54, 1.807) is 18.4 Å². The molecule has 0 aliphatic carbocycles. The Morgan fingerprint density at radius 2 is 2.27 bits per heavy atom. The molecule has 0 spiro atoms. The Morgan fingerprint density at radius 3 is 2.77 bits per heavy atom. The lowest BCUT2D eigenvalue weighted by molar-refractivity contribution is -0.161. The summed E-state index contributed by atoms with van der Waals surface area (Å²) in [6, 6.07) is 1.46. The number of amides is 1. The van der Waals surface area contributed by atoms with Gasteiger partial charge in [-0.15, -0.1) is 11.3 Å². The van der Waals surface area contributed by atoms with Gasteiger partial charge in [0.15, 0.2) is 0 Å². The zero-order valence-electron chi connectivity index (χ0n) is 11.6. The molecule has 116 valence electrons. The largest absolute Gasteiger partial charge is 0.477 e. The third-order valence-corrected chi connectivity index (χ3v) is 5.34. The lowest BCUT2D eigenvalue weighted by atomic mass is 9.83. The lowest BCUT2D eigenvalue weighted by Crippen LogP contribution is -2.61. The molecule has 0 bridgehead atoms. The summed E-state index contributed by atoms with van der Waals surface area (Å²) in [6.07, 6.45) is -0.376. The van der Waals surface area contributed by atoms with E-state index in [4.69, 9.17) is 18.0 Å². The molecule has 3 atom stereocenters. The molecule has 1 aromatic heterocycles. The Labute approximate surface area is 135 Å². The molecule has 3 heterocycles. The number of aliphatic hydroxyl groups is 1. The van der Waals surface area contributed by atoms with Gasteiger partial charge in [-0.25, -0.2) is 4.79 Å². The van der Waals surface area contributed by atoms with Crippen LogP contribution in [0.1, 0.15) is 23.8 Å². The molecule has 2 unspecified atom stereocenters. The smallest absolute Gasteiger partial charge is 0.352 e. The van der Waals surface area contributed by atoms with Crippen LogP contribution in [0.2, 0.25) is 0 Å². The minimum atomic E-state index is -1.14. The molecule has 1 fully saturated rings. The minimum Gasteiger partial charge on any atom is -0.477 e. The molecule has 1 saturated heterocycles. The van der Waals surface area contributed by atoms with Gasteiger partial charge in [0.25, 0.3) is 0 Å². The van der Waals surface area contributed by atoms with Crippen LogP contribution in [0.25, 0.3) is 5.57 Å². The fourth-order valence-corrected chi connectivity index (χ4v) is 4.27. The van der Waals surface area contributed by atoms with E-state index < -0.39 is 18.0 Å². The van der Waals surface area contributed by atoms with Crippen molar-refractivity contribution in [3.8, 4) is 0 Å². The molecule has 6 nitrogen and oxygen atoms in total. The zero-order valence-corrected chi connectivity index (χ0v) is 13.3. The van der Waals surface area contributed by atoms with Gasteiger partial charge in [0, 0.05) is 21.4 Å². The topological polar surface area (TPSA) is 104 Å². The number of hydrogen-bond donors (Lipinski definition) is 3. The van der Waals surface area contributed by atoms with Crippen LogP contribution in [0.4, 0.5) is 0 Å². The van der Waals surface area contributed by atoms with Crippen LogP contribution < -0.4 is 5.73 Å². The van der Waals surface area contributed by atoms with E-state index in [0.29, 0.717) is 17.6 Å². The predicted molar refractivity (Wildman–Crippen MR) is 85.2 cm³/mol. The van der Waals surface area contributed by atoms with Crippen LogP contribution in [0, 0.1) is 5.92 Å². The fourth-order valence-electron chi connectivity index (χ4n) is 3.11. The van der Waals surface area contributed by atoms with Crippen molar-refractivity contribution < 1.29 is 19.8 Å². The fraction of sp³-hybridized carbons (Fsp3) is 0.357. The highest BCUT2D eigenvalue weighted by Crippen LogP contribution is 2.47. The number of carbonyl (C=O) groups is 2. The van der Waals surface area contributed by atoms with Gasteiger partial charge < -0.3 is 20.8 Å². The average Bonchev–Trinajstić information content (AvgIpc) is 2.99. The molecular weight excluding hydrogens is 324 g/mol. The van der Waals surface area contributed by atoms with E-state index in [2.05, 4.69) is 0 Å². The van der Waals surface area contributed by atoms with Gasteiger partial charge in [-0.05, 0) is 19.4 Å². The molecule has 2 aliphatic rings. The number of carboxylic acids is 1. The Balaban J connectivity index is 2.01. The van der Waals surface area contributed by atoms with E-state index >= 15 is 0 Å². The van der Waals surface area contributed by atoms with Crippen molar-refractivity contribution >= 4 is 46.0 Å². The van der Waals surface area contributed by atoms with Crippen molar-refractivity contribution in [2.45, 2.75) is 25.5 Å². The maximum absolute atomic E-state index is 12.1. The average molecular weight is 338 g/mol. The number of β-lactam (4-membered cyclic amide) rings is 1.